The van der Waals surface area contributed by atoms with Crippen molar-refractivity contribution in [1.82, 2.24) is 19.3 Å². The van der Waals surface area contributed by atoms with Crippen LogP contribution in [0.4, 0.5) is 5.82 Å². The summed E-state index contributed by atoms with van der Waals surface area (Å²) in [5.41, 5.74) is 9.81. The zero-order valence-corrected chi connectivity index (χ0v) is 14.7. The Morgan fingerprint density at radius 1 is 1.26 bits per heavy atom. The van der Waals surface area contributed by atoms with Gasteiger partial charge >= 0.3 is 0 Å². The number of nitrogens with zero attached hydrogens (tertiary/aromatic N) is 4. The van der Waals surface area contributed by atoms with E-state index in [9.17, 15) is 4.79 Å². The highest BCUT2D eigenvalue weighted by atomic mass is 16.5. The van der Waals surface area contributed by atoms with Crippen LogP contribution in [0.3, 0.4) is 0 Å². The SMILES string of the molecule is CN(C(=O)c1ccc2nc(N)c3cncn3c2c1)C1COc2ccccc21. The lowest BCUT2D eigenvalue weighted by atomic mass is 10.1. The summed E-state index contributed by atoms with van der Waals surface area (Å²) in [5, 5.41) is 0. The van der Waals surface area contributed by atoms with E-state index in [0.717, 1.165) is 22.3 Å². The van der Waals surface area contributed by atoms with Gasteiger partial charge in [-0.25, -0.2) is 9.97 Å². The average molecular weight is 359 g/mol. The number of rotatable bonds is 2. The fourth-order valence-electron chi connectivity index (χ4n) is 3.62. The number of anilines is 1. The Labute approximate surface area is 155 Å². The predicted molar refractivity (Wildman–Crippen MR) is 102 cm³/mol. The van der Waals surface area contributed by atoms with Gasteiger partial charge in [-0.2, -0.15) is 0 Å². The van der Waals surface area contributed by atoms with Crippen LogP contribution in [0, 0.1) is 0 Å². The third-order valence-corrected chi connectivity index (χ3v) is 5.09. The van der Waals surface area contributed by atoms with E-state index in [1.54, 1.807) is 30.5 Å². The van der Waals surface area contributed by atoms with Crippen molar-refractivity contribution < 1.29 is 9.53 Å². The smallest absolute Gasteiger partial charge is 0.254 e. The van der Waals surface area contributed by atoms with Gasteiger partial charge in [0.2, 0.25) is 0 Å². The van der Waals surface area contributed by atoms with E-state index in [2.05, 4.69) is 9.97 Å². The minimum atomic E-state index is -0.109. The monoisotopic (exact) mass is 359 g/mol. The van der Waals surface area contributed by atoms with Crippen molar-refractivity contribution in [3.8, 4) is 5.75 Å². The summed E-state index contributed by atoms with van der Waals surface area (Å²) in [5.74, 6) is 1.17. The zero-order chi connectivity index (χ0) is 18.5. The number of nitrogen functional groups attached to an aromatic ring is 1. The summed E-state index contributed by atoms with van der Waals surface area (Å²) in [6, 6.07) is 13.1. The number of hydrogen-bond acceptors (Lipinski definition) is 5. The predicted octanol–water partition coefficient (Wildman–Crippen LogP) is 2.67. The maximum atomic E-state index is 13.1. The Kier molecular flexibility index (Phi) is 3.30. The third kappa shape index (κ3) is 2.32. The first-order valence-electron chi connectivity index (χ1n) is 8.63. The van der Waals surface area contributed by atoms with Crippen molar-refractivity contribution in [2.75, 3.05) is 19.4 Å². The summed E-state index contributed by atoms with van der Waals surface area (Å²) in [7, 11) is 1.80. The maximum Gasteiger partial charge on any atom is 0.254 e. The number of para-hydroxylation sites is 1. The highest BCUT2D eigenvalue weighted by molar-refractivity contribution is 5.98. The number of nitrogens with two attached hydrogens (primary N) is 1. The molecule has 2 aromatic heterocycles. The normalized spacial score (nSPS) is 15.7. The quantitative estimate of drug-likeness (QED) is 0.595. The van der Waals surface area contributed by atoms with E-state index >= 15 is 0 Å². The van der Waals surface area contributed by atoms with Gasteiger partial charge in [0.25, 0.3) is 5.91 Å². The van der Waals surface area contributed by atoms with Crippen LogP contribution in [0.15, 0.2) is 55.0 Å². The molecule has 2 aromatic carbocycles. The Balaban J connectivity index is 1.55. The van der Waals surface area contributed by atoms with Gasteiger partial charge in [-0.3, -0.25) is 9.20 Å². The Morgan fingerprint density at radius 3 is 3.00 bits per heavy atom. The molecule has 0 fully saturated rings. The van der Waals surface area contributed by atoms with Crippen molar-refractivity contribution in [2.24, 2.45) is 0 Å². The summed E-state index contributed by atoms with van der Waals surface area (Å²) in [4.78, 5) is 23.4. The molecule has 1 aliphatic heterocycles. The van der Waals surface area contributed by atoms with E-state index in [1.165, 1.54) is 0 Å². The highest BCUT2D eigenvalue weighted by Crippen LogP contribution is 2.35. The third-order valence-electron chi connectivity index (χ3n) is 5.09. The average Bonchev–Trinajstić information content (AvgIpc) is 3.34. The van der Waals surface area contributed by atoms with Gasteiger partial charge in [-0.1, -0.05) is 18.2 Å². The second-order valence-corrected chi connectivity index (χ2v) is 6.63. The summed E-state index contributed by atoms with van der Waals surface area (Å²) in [6.07, 6.45) is 3.34. The summed E-state index contributed by atoms with van der Waals surface area (Å²) in [6.45, 7) is 0.457. The molecule has 0 radical (unpaired) electrons. The van der Waals surface area contributed by atoms with E-state index in [0.29, 0.717) is 23.5 Å². The lowest BCUT2D eigenvalue weighted by Crippen LogP contribution is -2.32. The fourth-order valence-corrected chi connectivity index (χ4v) is 3.62. The number of likely N-dealkylation sites (N-methyl/N-ethyl adjacent to an activating group) is 1. The molecule has 0 saturated heterocycles. The molecule has 5 rings (SSSR count). The first-order chi connectivity index (χ1) is 13.1. The van der Waals surface area contributed by atoms with E-state index in [1.807, 2.05) is 40.8 Å². The molecule has 134 valence electrons. The minimum absolute atomic E-state index is 0.0766. The van der Waals surface area contributed by atoms with Crippen molar-refractivity contribution in [3.63, 3.8) is 0 Å². The molecule has 4 aromatic rings. The number of amides is 1. The Hall–Kier alpha value is -3.61. The number of fused-ring (bicyclic) bond motifs is 4. The van der Waals surface area contributed by atoms with Crippen LogP contribution >= 0.6 is 0 Å². The number of benzene rings is 2. The van der Waals surface area contributed by atoms with Gasteiger partial charge in [0.05, 0.1) is 29.6 Å². The topological polar surface area (TPSA) is 85.8 Å². The number of carbonyl (C=O) groups is 1. The van der Waals surface area contributed by atoms with Crippen LogP contribution in [-0.4, -0.2) is 38.8 Å². The van der Waals surface area contributed by atoms with Crippen molar-refractivity contribution in [1.29, 1.82) is 0 Å². The van der Waals surface area contributed by atoms with Crippen LogP contribution in [-0.2, 0) is 0 Å². The van der Waals surface area contributed by atoms with Crippen LogP contribution in [0.1, 0.15) is 22.0 Å². The van der Waals surface area contributed by atoms with Gasteiger partial charge in [-0.15, -0.1) is 0 Å². The van der Waals surface area contributed by atoms with Crippen molar-refractivity contribution >= 4 is 28.3 Å². The van der Waals surface area contributed by atoms with E-state index < -0.39 is 0 Å². The minimum Gasteiger partial charge on any atom is -0.491 e. The summed E-state index contributed by atoms with van der Waals surface area (Å²) >= 11 is 0. The zero-order valence-electron chi connectivity index (χ0n) is 14.7. The van der Waals surface area contributed by atoms with Crippen LogP contribution in [0.5, 0.6) is 5.75 Å². The Bertz CT molecular complexity index is 1200. The molecule has 1 aliphatic rings. The molecule has 2 N–H and O–H groups in total. The van der Waals surface area contributed by atoms with Crippen LogP contribution in [0.2, 0.25) is 0 Å². The lowest BCUT2D eigenvalue weighted by Gasteiger charge is -2.24. The largest absolute Gasteiger partial charge is 0.491 e. The molecule has 0 saturated carbocycles. The van der Waals surface area contributed by atoms with Gasteiger partial charge in [0.15, 0.2) is 0 Å². The first-order valence-corrected chi connectivity index (χ1v) is 8.63. The van der Waals surface area contributed by atoms with Gasteiger partial charge in [-0.05, 0) is 24.3 Å². The molecule has 0 spiro atoms. The fraction of sp³-hybridized carbons (Fsp3) is 0.150. The number of imidazole rings is 1. The van der Waals surface area contributed by atoms with Gasteiger partial charge < -0.3 is 15.4 Å². The maximum absolute atomic E-state index is 13.1. The number of aromatic nitrogens is 3. The molecule has 0 aliphatic carbocycles. The Morgan fingerprint density at radius 2 is 2.11 bits per heavy atom. The standard InChI is InChI=1S/C20H17N5O2/c1-24(17-10-27-18-5-3-2-4-13(17)18)20(26)12-6-7-14-15(8-12)25-11-22-9-16(25)19(21)23-14/h2-9,11,17H,10H2,1H3,(H2,21,23). The molecular formula is C20H17N5O2. The molecule has 1 unspecified atom stereocenters. The number of hydrogen-bond donors (Lipinski definition) is 1. The molecule has 7 nitrogen and oxygen atoms in total. The molecule has 1 amide bonds. The second kappa shape index (κ2) is 5.70. The van der Waals surface area contributed by atoms with Crippen molar-refractivity contribution in [3.05, 3.63) is 66.1 Å². The van der Waals surface area contributed by atoms with Crippen molar-refractivity contribution in [2.45, 2.75) is 6.04 Å². The lowest BCUT2D eigenvalue weighted by molar-refractivity contribution is 0.0708. The first kappa shape index (κ1) is 15.6. The van der Waals surface area contributed by atoms with E-state index in [4.69, 9.17) is 10.5 Å². The van der Waals surface area contributed by atoms with Gasteiger partial charge in [0, 0.05) is 18.2 Å². The molecule has 27 heavy (non-hydrogen) atoms. The molecule has 0 bridgehead atoms. The van der Waals surface area contributed by atoms with Crippen LogP contribution in [0.25, 0.3) is 16.6 Å². The molecule has 3 heterocycles. The number of carbonyl (C=O) groups excluding carboxylic acids is 1. The second-order valence-electron chi connectivity index (χ2n) is 6.63. The molecule has 7 heteroatoms. The van der Waals surface area contributed by atoms with Gasteiger partial charge in [0.1, 0.15) is 23.7 Å². The van der Waals surface area contributed by atoms with E-state index in [-0.39, 0.29) is 11.9 Å². The summed E-state index contributed by atoms with van der Waals surface area (Å²) < 4.78 is 7.57. The van der Waals surface area contributed by atoms with Crippen LogP contribution < -0.4 is 10.5 Å². The molecular weight excluding hydrogens is 342 g/mol. The molecule has 1 atom stereocenters. The highest BCUT2D eigenvalue weighted by Gasteiger charge is 2.30. The number of ether oxygens (including phenoxy) is 1.